The molecule has 0 unspecified atom stereocenters. The van der Waals surface area contributed by atoms with Crippen molar-refractivity contribution in [3.63, 3.8) is 0 Å². The molecular formula is C12H17N3O2. The first-order valence-corrected chi connectivity index (χ1v) is 5.94. The van der Waals surface area contributed by atoms with Crippen LogP contribution < -0.4 is 5.32 Å². The van der Waals surface area contributed by atoms with Gasteiger partial charge in [0.15, 0.2) is 5.69 Å². The number of fused-ring (bicyclic) bond motifs is 1. The third kappa shape index (κ3) is 2.44. The molecule has 0 fully saturated rings. The lowest BCUT2D eigenvalue weighted by Crippen LogP contribution is -2.13. The third-order valence-electron chi connectivity index (χ3n) is 2.87. The molecule has 5 nitrogen and oxygen atoms in total. The molecule has 0 spiro atoms. The number of methoxy groups -OCH3 is 1. The molecule has 5 heteroatoms. The largest absolute Gasteiger partial charge is 0.464 e. The number of aromatic nitrogens is 2. The molecule has 0 radical (unpaired) electrons. The number of nitrogens with zero attached hydrogens (tertiary/aromatic N) is 2. The number of ether oxygens (including phenoxy) is 1. The summed E-state index contributed by atoms with van der Waals surface area (Å²) in [6.07, 6.45) is 2.94. The van der Waals surface area contributed by atoms with Crippen LogP contribution in [-0.4, -0.2) is 23.0 Å². The summed E-state index contributed by atoms with van der Waals surface area (Å²) in [5.74, 6) is 0.375. The number of hydrogen-bond donors (Lipinski definition) is 1. The van der Waals surface area contributed by atoms with Crippen molar-refractivity contribution in [1.82, 2.24) is 15.3 Å². The molecule has 0 atom stereocenters. The summed E-state index contributed by atoms with van der Waals surface area (Å²) in [7, 11) is 1.38. The molecule has 2 heterocycles. The average molecular weight is 235 g/mol. The van der Waals surface area contributed by atoms with E-state index in [1.54, 1.807) is 0 Å². The number of carbonyl (C=O) groups is 1. The fourth-order valence-corrected chi connectivity index (χ4v) is 1.93. The maximum Gasteiger partial charge on any atom is 0.357 e. The molecule has 1 aromatic heterocycles. The minimum absolute atomic E-state index is 0.370. The molecule has 0 saturated heterocycles. The Labute approximate surface area is 101 Å². The van der Waals surface area contributed by atoms with Crippen molar-refractivity contribution >= 4 is 5.97 Å². The number of rotatable bonds is 4. The predicted octanol–water partition coefficient (Wildman–Crippen LogP) is 1.21. The molecule has 1 N–H and O–H groups in total. The second kappa shape index (κ2) is 5.23. The Morgan fingerprint density at radius 1 is 1.41 bits per heavy atom. The first kappa shape index (κ1) is 12.0. The lowest BCUT2D eigenvalue weighted by Gasteiger charge is -2.07. The number of nitrogens with one attached hydrogen (secondary N) is 1. The van der Waals surface area contributed by atoms with Crippen LogP contribution in [-0.2, 0) is 24.2 Å². The van der Waals surface area contributed by atoms with Crippen molar-refractivity contribution in [3.8, 4) is 0 Å². The van der Waals surface area contributed by atoms with Crippen LogP contribution in [0.25, 0.3) is 0 Å². The predicted molar refractivity (Wildman–Crippen MR) is 62.5 cm³/mol. The number of carbonyl (C=O) groups excluding carboxylic acids is 1. The summed E-state index contributed by atoms with van der Waals surface area (Å²) in [4.78, 5) is 20.5. The van der Waals surface area contributed by atoms with Crippen LogP contribution >= 0.6 is 0 Å². The van der Waals surface area contributed by atoms with Crippen LogP contribution in [0.15, 0.2) is 0 Å². The van der Waals surface area contributed by atoms with Crippen molar-refractivity contribution in [2.24, 2.45) is 0 Å². The Hall–Kier alpha value is -1.49. The second-order valence-electron chi connectivity index (χ2n) is 4.11. The summed E-state index contributed by atoms with van der Waals surface area (Å²) < 4.78 is 4.76. The fourth-order valence-electron chi connectivity index (χ4n) is 1.93. The number of aryl methyl sites for hydroxylation is 1. The highest BCUT2D eigenvalue weighted by molar-refractivity contribution is 5.89. The third-order valence-corrected chi connectivity index (χ3v) is 2.87. The fraction of sp³-hybridized carbons (Fsp3) is 0.583. The molecule has 2 rings (SSSR count). The van der Waals surface area contributed by atoms with Gasteiger partial charge >= 0.3 is 5.97 Å². The van der Waals surface area contributed by atoms with E-state index >= 15 is 0 Å². The molecule has 0 amide bonds. The van der Waals surface area contributed by atoms with Gasteiger partial charge in [0.1, 0.15) is 5.82 Å². The van der Waals surface area contributed by atoms with Crippen LogP contribution in [0.5, 0.6) is 0 Å². The lowest BCUT2D eigenvalue weighted by atomic mass is 10.1. The summed E-state index contributed by atoms with van der Waals surface area (Å²) >= 11 is 0. The van der Waals surface area contributed by atoms with Gasteiger partial charge in [-0.1, -0.05) is 13.3 Å². The Balaban J connectivity index is 2.35. The van der Waals surface area contributed by atoms with Gasteiger partial charge in [-0.15, -0.1) is 0 Å². The van der Waals surface area contributed by atoms with E-state index in [2.05, 4.69) is 22.2 Å². The van der Waals surface area contributed by atoms with E-state index in [1.165, 1.54) is 7.11 Å². The first-order valence-electron chi connectivity index (χ1n) is 5.94. The van der Waals surface area contributed by atoms with Gasteiger partial charge in [0.25, 0.3) is 0 Å². The van der Waals surface area contributed by atoms with E-state index in [4.69, 9.17) is 4.74 Å². The molecule has 1 aliphatic heterocycles. The Bertz CT molecular complexity index is 432. The topological polar surface area (TPSA) is 64.1 Å². The Kier molecular flexibility index (Phi) is 3.68. The monoisotopic (exact) mass is 235 g/mol. The van der Waals surface area contributed by atoms with Gasteiger partial charge in [0, 0.05) is 25.1 Å². The minimum atomic E-state index is -0.370. The summed E-state index contributed by atoms with van der Waals surface area (Å²) in [6, 6.07) is 0. The Morgan fingerprint density at radius 3 is 2.94 bits per heavy atom. The number of esters is 1. The van der Waals surface area contributed by atoms with Gasteiger partial charge in [-0.3, -0.25) is 0 Å². The molecule has 0 saturated carbocycles. The van der Waals surface area contributed by atoms with Crippen LogP contribution in [0.2, 0.25) is 0 Å². The van der Waals surface area contributed by atoms with E-state index in [9.17, 15) is 4.79 Å². The molecule has 1 aromatic rings. The first-order chi connectivity index (χ1) is 8.26. The molecule has 0 aromatic carbocycles. The highest BCUT2D eigenvalue weighted by atomic mass is 16.5. The highest BCUT2D eigenvalue weighted by Gasteiger charge is 2.23. The molecular weight excluding hydrogens is 218 g/mol. The average Bonchev–Trinajstić information content (AvgIpc) is 2.82. The second-order valence-corrected chi connectivity index (χ2v) is 4.11. The van der Waals surface area contributed by atoms with Crippen molar-refractivity contribution < 1.29 is 9.53 Å². The molecule has 0 aliphatic carbocycles. The molecule has 0 bridgehead atoms. The van der Waals surface area contributed by atoms with Crippen molar-refractivity contribution in [3.05, 3.63) is 22.8 Å². The molecule has 17 heavy (non-hydrogen) atoms. The zero-order valence-electron chi connectivity index (χ0n) is 10.2. The van der Waals surface area contributed by atoms with Gasteiger partial charge in [-0.05, 0) is 6.42 Å². The van der Waals surface area contributed by atoms with Crippen LogP contribution in [0.3, 0.4) is 0 Å². The SMILES string of the molecule is CCCCc1nc2c(c(C(=O)OC)n1)CNC2. The zero-order chi connectivity index (χ0) is 12.3. The van der Waals surface area contributed by atoms with E-state index < -0.39 is 0 Å². The number of unbranched alkanes of at least 4 members (excludes halogenated alkanes) is 1. The van der Waals surface area contributed by atoms with Gasteiger partial charge in [0.2, 0.25) is 0 Å². The summed E-state index contributed by atoms with van der Waals surface area (Å²) in [5.41, 5.74) is 2.25. The molecule has 1 aliphatic rings. The number of hydrogen-bond acceptors (Lipinski definition) is 5. The van der Waals surface area contributed by atoms with Crippen LogP contribution in [0.4, 0.5) is 0 Å². The van der Waals surface area contributed by atoms with E-state index in [-0.39, 0.29) is 5.97 Å². The summed E-state index contributed by atoms with van der Waals surface area (Å²) in [5, 5.41) is 3.18. The van der Waals surface area contributed by atoms with Gasteiger partial charge in [-0.2, -0.15) is 0 Å². The highest BCUT2D eigenvalue weighted by Crippen LogP contribution is 2.18. The summed E-state index contributed by atoms with van der Waals surface area (Å²) in [6.45, 7) is 3.48. The smallest absolute Gasteiger partial charge is 0.357 e. The maximum absolute atomic E-state index is 11.7. The van der Waals surface area contributed by atoms with Gasteiger partial charge in [0.05, 0.1) is 12.8 Å². The Morgan fingerprint density at radius 2 is 2.24 bits per heavy atom. The standard InChI is InChI=1S/C12H17N3O2/c1-3-4-5-10-14-9-7-13-6-8(9)11(15-10)12(16)17-2/h13H,3-7H2,1-2H3. The van der Waals surface area contributed by atoms with E-state index in [1.807, 2.05) is 0 Å². The minimum Gasteiger partial charge on any atom is -0.464 e. The quantitative estimate of drug-likeness (QED) is 0.795. The zero-order valence-corrected chi connectivity index (χ0v) is 10.2. The van der Waals surface area contributed by atoms with Crippen molar-refractivity contribution in [2.45, 2.75) is 39.3 Å². The van der Waals surface area contributed by atoms with Crippen molar-refractivity contribution in [2.75, 3.05) is 7.11 Å². The van der Waals surface area contributed by atoms with Crippen LogP contribution in [0, 0.1) is 0 Å². The van der Waals surface area contributed by atoms with Gasteiger partial charge < -0.3 is 10.1 Å². The van der Waals surface area contributed by atoms with E-state index in [0.29, 0.717) is 18.8 Å². The molecule has 92 valence electrons. The van der Waals surface area contributed by atoms with Crippen LogP contribution in [0.1, 0.15) is 47.3 Å². The lowest BCUT2D eigenvalue weighted by molar-refractivity contribution is 0.0592. The van der Waals surface area contributed by atoms with Crippen molar-refractivity contribution in [1.29, 1.82) is 0 Å². The van der Waals surface area contributed by atoms with Gasteiger partial charge in [-0.25, -0.2) is 14.8 Å². The normalized spacial score (nSPS) is 13.5. The van der Waals surface area contributed by atoms with E-state index in [0.717, 1.165) is 36.3 Å². The maximum atomic E-state index is 11.7.